The molecule has 0 radical (unpaired) electrons. The molecule has 88 valence electrons. The van der Waals surface area contributed by atoms with Gasteiger partial charge in [0.1, 0.15) is 11.2 Å². The van der Waals surface area contributed by atoms with Gasteiger partial charge in [-0.25, -0.2) is 4.98 Å². The van der Waals surface area contributed by atoms with Crippen molar-refractivity contribution < 1.29 is 4.42 Å². The maximum atomic E-state index is 6.23. The molecule has 2 nitrogen and oxygen atoms in total. The largest absolute Gasteiger partial charge is 0.456 e. The van der Waals surface area contributed by atoms with Crippen LogP contribution in [-0.2, 0) is 0 Å². The molecule has 18 heavy (non-hydrogen) atoms. The lowest BCUT2D eigenvalue weighted by Crippen LogP contribution is -1.70. The Morgan fingerprint density at radius 1 is 1.11 bits per heavy atom. The summed E-state index contributed by atoms with van der Waals surface area (Å²) in [7, 11) is 0. The number of benzene rings is 2. The molecule has 0 unspecified atom stereocenters. The lowest BCUT2D eigenvalue weighted by molar-refractivity contribution is 0.669. The fourth-order valence-electron chi connectivity index (χ4n) is 2.18. The van der Waals surface area contributed by atoms with Gasteiger partial charge in [-0.3, -0.25) is 0 Å². The first kappa shape index (κ1) is 10.6. The number of thiazole rings is 1. The third-order valence-corrected chi connectivity index (χ3v) is 4.37. The van der Waals surface area contributed by atoms with Gasteiger partial charge in [-0.2, -0.15) is 0 Å². The number of nitrogens with zero attached hydrogens (tertiary/aromatic N) is 1. The predicted molar refractivity (Wildman–Crippen MR) is 76.9 cm³/mol. The van der Waals surface area contributed by atoms with E-state index < -0.39 is 0 Å². The maximum absolute atomic E-state index is 6.23. The predicted octanol–water partition coefficient (Wildman–Crippen LogP) is 5.50. The van der Waals surface area contributed by atoms with Gasteiger partial charge in [0.25, 0.3) is 0 Å². The van der Waals surface area contributed by atoms with Gasteiger partial charge in [0.2, 0.25) is 0 Å². The van der Waals surface area contributed by atoms with E-state index in [1.165, 1.54) is 11.3 Å². The molecule has 2 heterocycles. The van der Waals surface area contributed by atoms with E-state index in [0.717, 1.165) is 32.2 Å². The SMILES string of the molecule is Clc1nc2cc3c(cc2s1)oc1cccc(Cl)c13. The molecule has 4 aromatic rings. The highest BCUT2D eigenvalue weighted by molar-refractivity contribution is 7.22. The van der Waals surface area contributed by atoms with E-state index in [-0.39, 0.29) is 0 Å². The summed E-state index contributed by atoms with van der Waals surface area (Å²) in [6.07, 6.45) is 0. The number of rotatable bonds is 0. The van der Waals surface area contributed by atoms with Crippen LogP contribution in [0.1, 0.15) is 0 Å². The van der Waals surface area contributed by atoms with Gasteiger partial charge >= 0.3 is 0 Å². The van der Waals surface area contributed by atoms with Crippen LogP contribution in [0.3, 0.4) is 0 Å². The Balaban J connectivity index is 2.27. The first-order valence-electron chi connectivity index (χ1n) is 5.29. The van der Waals surface area contributed by atoms with Crippen molar-refractivity contribution in [3.8, 4) is 0 Å². The highest BCUT2D eigenvalue weighted by Crippen LogP contribution is 2.37. The van der Waals surface area contributed by atoms with Crippen molar-refractivity contribution in [3.63, 3.8) is 0 Å². The molecule has 0 saturated heterocycles. The summed E-state index contributed by atoms with van der Waals surface area (Å²) < 4.78 is 7.35. The van der Waals surface area contributed by atoms with E-state index in [9.17, 15) is 0 Å². The Morgan fingerprint density at radius 2 is 2.00 bits per heavy atom. The van der Waals surface area contributed by atoms with Crippen LogP contribution in [0.2, 0.25) is 9.49 Å². The van der Waals surface area contributed by atoms with E-state index >= 15 is 0 Å². The fraction of sp³-hybridized carbons (Fsp3) is 0. The zero-order chi connectivity index (χ0) is 12.3. The van der Waals surface area contributed by atoms with Crippen LogP contribution in [0.4, 0.5) is 0 Å². The summed E-state index contributed by atoms with van der Waals surface area (Å²) in [5, 5.41) is 2.59. The Bertz CT molecular complexity index is 909. The second-order valence-electron chi connectivity index (χ2n) is 4.00. The molecule has 0 N–H and O–H groups in total. The standard InChI is InChI=1S/C13H5Cl2NOS/c14-7-2-1-3-9-12(7)6-4-8-11(5-10(6)17-9)18-13(15)16-8/h1-5H. The lowest BCUT2D eigenvalue weighted by Gasteiger charge is -1.92. The van der Waals surface area contributed by atoms with Crippen LogP contribution in [0.15, 0.2) is 34.7 Å². The first-order chi connectivity index (χ1) is 8.72. The summed E-state index contributed by atoms with van der Waals surface area (Å²) in [4.78, 5) is 4.28. The van der Waals surface area contributed by atoms with Crippen LogP contribution in [0, 0.1) is 0 Å². The van der Waals surface area contributed by atoms with Crippen LogP contribution in [0.25, 0.3) is 32.2 Å². The summed E-state index contributed by atoms with van der Waals surface area (Å²) in [5.41, 5.74) is 2.48. The van der Waals surface area contributed by atoms with E-state index in [4.69, 9.17) is 27.6 Å². The Kier molecular flexibility index (Phi) is 2.13. The van der Waals surface area contributed by atoms with E-state index in [1.807, 2.05) is 30.3 Å². The summed E-state index contributed by atoms with van der Waals surface area (Å²) >= 11 is 13.6. The van der Waals surface area contributed by atoms with Crippen molar-refractivity contribution in [1.82, 2.24) is 4.98 Å². The van der Waals surface area contributed by atoms with Crippen molar-refractivity contribution in [1.29, 1.82) is 0 Å². The maximum Gasteiger partial charge on any atom is 0.184 e. The van der Waals surface area contributed by atoms with Gasteiger partial charge in [0.05, 0.1) is 15.2 Å². The van der Waals surface area contributed by atoms with E-state index in [2.05, 4.69) is 4.98 Å². The van der Waals surface area contributed by atoms with Crippen molar-refractivity contribution >= 4 is 66.7 Å². The minimum absolute atomic E-state index is 0.535. The number of furan rings is 1. The van der Waals surface area contributed by atoms with Gasteiger partial charge in [-0.1, -0.05) is 29.3 Å². The number of hydrogen-bond donors (Lipinski definition) is 0. The molecule has 0 atom stereocenters. The Morgan fingerprint density at radius 3 is 2.89 bits per heavy atom. The van der Waals surface area contributed by atoms with Gasteiger partial charge in [0.15, 0.2) is 4.47 Å². The van der Waals surface area contributed by atoms with Crippen LogP contribution in [0.5, 0.6) is 0 Å². The number of aromatic nitrogens is 1. The summed E-state index contributed by atoms with van der Waals surface area (Å²) in [6.45, 7) is 0. The molecule has 0 bridgehead atoms. The topological polar surface area (TPSA) is 26.0 Å². The molecule has 5 heteroatoms. The first-order valence-corrected chi connectivity index (χ1v) is 6.86. The van der Waals surface area contributed by atoms with Crippen molar-refractivity contribution in [2.45, 2.75) is 0 Å². The molecule has 4 rings (SSSR count). The second-order valence-corrected chi connectivity index (χ2v) is 6.02. The fourth-order valence-corrected chi connectivity index (χ4v) is 3.48. The van der Waals surface area contributed by atoms with Crippen LogP contribution < -0.4 is 0 Å². The quantitative estimate of drug-likeness (QED) is 0.428. The van der Waals surface area contributed by atoms with Crippen molar-refractivity contribution in [3.05, 3.63) is 39.8 Å². The van der Waals surface area contributed by atoms with E-state index in [0.29, 0.717) is 9.49 Å². The molecule has 0 aliphatic carbocycles. The highest BCUT2D eigenvalue weighted by atomic mass is 35.5. The van der Waals surface area contributed by atoms with Crippen molar-refractivity contribution in [2.24, 2.45) is 0 Å². The lowest BCUT2D eigenvalue weighted by atomic mass is 10.1. The van der Waals surface area contributed by atoms with Crippen LogP contribution in [-0.4, -0.2) is 4.98 Å². The molecule has 0 aliphatic rings. The summed E-state index contributed by atoms with van der Waals surface area (Å²) in [6, 6.07) is 9.59. The summed E-state index contributed by atoms with van der Waals surface area (Å²) in [5.74, 6) is 0. The average molecular weight is 294 g/mol. The molecule has 0 spiro atoms. The normalized spacial score (nSPS) is 11.9. The highest BCUT2D eigenvalue weighted by Gasteiger charge is 2.12. The third kappa shape index (κ3) is 1.38. The minimum Gasteiger partial charge on any atom is -0.456 e. The number of fused-ring (bicyclic) bond motifs is 4. The van der Waals surface area contributed by atoms with Crippen molar-refractivity contribution in [2.75, 3.05) is 0 Å². The third-order valence-electron chi connectivity index (χ3n) is 2.93. The molecule has 0 amide bonds. The molecular weight excluding hydrogens is 289 g/mol. The number of halogens is 2. The van der Waals surface area contributed by atoms with E-state index in [1.54, 1.807) is 0 Å². The second kappa shape index (κ2) is 3.60. The smallest absolute Gasteiger partial charge is 0.184 e. The molecule has 2 aromatic heterocycles. The Labute approximate surface area is 116 Å². The average Bonchev–Trinajstić information content (AvgIpc) is 2.84. The van der Waals surface area contributed by atoms with Gasteiger partial charge < -0.3 is 4.42 Å². The molecule has 0 saturated carbocycles. The van der Waals surface area contributed by atoms with Crippen LogP contribution >= 0.6 is 34.5 Å². The molecule has 2 aromatic carbocycles. The van der Waals surface area contributed by atoms with Gasteiger partial charge in [-0.15, -0.1) is 11.3 Å². The Hall–Kier alpha value is -1.29. The zero-order valence-electron chi connectivity index (χ0n) is 8.91. The zero-order valence-corrected chi connectivity index (χ0v) is 11.2. The molecule has 0 fully saturated rings. The minimum atomic E-state index is 0.535. The molecule has 0 aliphatic heterocycles. The monoisotopic (exact) mass is 293 g/mol. The van der Waals surface area contributed by atoms with Gasteiger partial charge in [0, 0.05) is 16.8 Å². The number of hydrogen-bond acceptors (Lipinski definition) is 3. The molecular formula is C13H5Cl2NOS. The van der Waals surface area contributed by atoms with Gasteiger partial charge in [-0.05, 0) is 18.2 Å².